The third-order valence-electron chi connectivity index (χ3n) is 14.8. The predicted molar refractivity (Wildman–Crippen MR) is 215 cm³/mol. The van der Waals surface area contributed by atoms with Crippen LogP contribution in [0.5, 0.6) is 0 Å². The summed E-state index contributed by atoms with van der Waals surface area (Å²) < 4.78 is 31.5. The Labute approximate surface area is 338 Å². The first-order valence-corrected chi connectivity index (χ1v) is 20.7. The summed E-state index contributed by atoms with van der Waals surface area (Å²) in [6, 6.07) is 16.3. The van der Waals surface area contributed by atoms with Gasteiger partial charge in [-0.2, -0.15) is 0 Å². The van der Waals surface area contributed by atoms with E-state index in [0.29, 0.717) is 18.6 Å². The fraction of sp³-hybridized carbons (Fsp3) is 0.638. The molecule has 2 aromatic carbocycles. The van der Waals surface area contributed by atoms with Gasteiger partial charge >= 0.3 is 6.09 Å². The number of benzene rings is 2. The van der Waals surface area contributed by atoms with E-state index >= 15 is 4.79 Å². The molecule has 12 atom stereocenters. The Morgan fingerprint density at radius 1 is 0.965 bits per heavy atom. The highest BCUT2D eigenvalue weighted by atomic mass is 16.6. The maximum absolute atomic E-state index is 15.1. The molecule has 2 aromatic rings. The minimum absolute atomic E-state index is 0.0739. The highest BCUT2D eigenvalue weighted by Gasteiger charge is 2.72. The van der Waals surface area contributed by atoms with E-state index in [4.69, 9.17) is 23.7 Å². The number of carbonyl (C=O) groups excluding carboxylic acids is 3. The van der Waals surface area contributed by atoms with Crippen LogP contribution in [0.25, 0.3) is 0 Å². The Bertz CT molecular complexity index is 1920. The van der Waals surface area contributed by atoms with Crippen molar-refractivity contribution >= 4 is 17.7 Å². The Balaban J connectivity index is 1.25. The largest absolute Gasteiger partial charge is 0.444 e. The number of fused-ring (bicyclic) bond motifs is 5. The summed E-state index contributed by atoms with van der Waals surface area (Å²) in [5.41, 5.74) is 0.121. The fourth-order valence-electron chi connectivity index (χ4n) is 12.0. The first kappa shape index (κ1) is 41.7. The summed E-state index contributed by atoms with van der Waals surface area (Å²) in [4.78, 5) is 45.4. The van der Waals surface area contributed by atoms with Crippen LogP contribution in [0.2, 0.25) is 0 Å². The molecular formula is C47H63NO9. The van der Waals surface area contributed by atoms with Crippen molar-refractivity contribution in [2.24, 2.45) is 34.0 Å². The second kappa shape index (κ2) is 14.4. The Morgan fingerprint density at radius 3 is 2.19 bits per heavy atom. The molecule has 2 bridgehead atoms. The molecule has 1 N–H and O–H groups in total. The van der Waals surface area contributed by atoms with Crippen molar-refractivity contribution in [1.29, 1.82) is 0 Å². The number of carbonyl (C=O) groups is 3. The molecule has 310 valence electrons. The molecule has 0 aromatic heterocycles. The molecule has 1 amide bonds. The Morgan fingerprint density at radius 2 is 1.61 bits per heavy atom. The number of methoxy groups -OCH3 is 1. The zero-order valence-electron chi connectivity index (χ0n) is 35.9. The van der Waals surface area contributed by atoms with E-state index < -0.39 is 58.5 Å². The molecule has 5 aliphatic rings. The second-order valence-corrected chi connectivity index (χ2v) is 19.6. The van der Waals surface area contributed by atoms with Crippen LogP contribution >= 0.6 is 0 Å². The minimum atomic E-state index is -1.31. The van der Waals surface area contributed by atoms with Crippen LogP contribution in [0.4, 0.5) is 4.79 Å². The molecule has 57 heavy (non-hydrogen) atoms. The van der Waals surface area contributed by atoms with Gasteiger partial charge in [-0.05, 0) is 70.1 Å². The highest BCUT2D eigenvalue weighted by Crippen LogP contribution is 2.68. The van der Waals surface area contributed by atoms with Crippen LogP contribution in [-0.4, -0.2) is 83.6 Å². The molecule has 7 rings (SSSR count). The molecule has 2 aliphatic heterocycles. The van der Waals surface area contributed by atoms with Crippen molar-refractivity contribution in [3.8, 4) is 0 Å². The average molecular weight is 786 g/mol. The van der Waals surface area contributed by atoms with Crippen molar-refractivity contribution in [2.45, 2.75) is 137 Å². The van der Waals surface area contributed by atoms with Crippen molar-refractivity contribution < 1.29 is 43.2 Å². The number of aryl methyl sites for hydroxylation is 1. The van der Waals surface area contributed by atoms with Crippen molar-refractivity contribution in [3.05, 3.63) is 82.4 Å². The zero-order valence-corrected chi connectivity index (χ0v) is 35.9. The number of rotatable bonds is 7. The molecule has 0 radical (unpaired) electrons. The maximum Gasteiger partial charge on any atom is 0.413 e. The molecule has 4 unspecified atom stereocenters. The van der Waals surface area contributed by atoms with Crippen LogP contribution in [-0.2, 0) is 33.3 Å². The van der Waals surface area contributed by atoms with Gasteiger partial charge in [-0.1, -0.05) is 94.8 Å². The van der Waals surface area contributed by atoms with Gasteiger partial charge in [-0.25, -0.2) is 4.79 Å². The van der Waals surface area contributed by atoms with Crippen molar-refractivity contribution in [1.82, 2.24) is 4.90 Å². The summed E-state index contributed by atoms with van der Waals surface area (Å²) in [7, 11) is 1.67. The lowest BCUT2D eigenvalue weighted by Gasteiger charge is -2.69. The van der Waals surface area contributed by atoms with Crippen LogP contribution < -0.4 is 0 Å². The second-order valence-electron chi connectivity index (χ2n) is 19.6. The molecule has 2 saturated heterocycles. The molecule has 10 nitrogen and oxygen atoms in total. The molecule has 2 heterocycles. The first-order valence-electron chi connectivity index (χ1n) is 20.7. The maximum atomic E-state index is 15.1. The van der Waals surface area contributed by atoms with E-state index in [-0.39, 0.29) is 54.1 Å². The van der Waals surface area contributed by atoms with Crippen molar-refractivity contribution in [3.63, 3.8) is 0 Å². The standard InChI is InChI=1S/C47H63NO9/c1-26-18-20-31(21-19-26)41-48(42(51)57-43(5,6)7)37(30-16-14-13-15-17-30)38(56-41)32(49)24-54-33-23-47(52)29(4)39-45(10)25-55-34(45)22-35(53-12)46(39,11)40(50)28(3)36(27(33)2)44(47,8)9/h13-21,28-29,33-35,37-39,41,52H,22-25H2,1-12H3/t28-,29?,33+,34-,35+,37+,38?,39?,41?,45-,46-,47-/m1/s1. The Hall–Kier alpha value is -3.41. The molecule has 2 saturated carbocycles. The van der Waals surface area contributed by atoms with Gasteiger partial charge in [-0.15, -0.1) is 0 Å². The molecule has 0 spiro atoms. The number of aliphatic hydroxyl groups is 1. The molecule has 4 fully saturated rings. The van der Waals surface area contributed by atoms with Gasteiger partial charge in [0.25, 0.3) is 0 Å². The first-order chi connectivity index (χ1) is 26.6. The quantitative estimate of drug-likeness (QED) is 0.278. The van der Waals surface area contributed by atoms with Crippen LogP contribution in [0, 0.1) is 40.9 Å². The lowest BCUT2D eigenvalue weighted by molar-refractivity contribution is -0.304. The number of nitrogens with zero attached hydrogens (tertiary/aromatic N) is 1. The number of hydrogen-bond donors (Lipinski definition) is 1. The van der Waals surface area contributed by atoms with Crippen LogP contribution in [0.3, 0.4) is 0 Å². The van der Waals surface area contributed by atoms with Gasteiger partial charge in [0.05, 0.1) is 42.0 Å². The van der Waals surface area contributed by atoms with Gasteiger partial charge in [0.15, 0.2) is 12.0 Å². The van der Waals surface area contributed by atoms with Gasteiger partial charge in [-0.3, -0.25) is 14.5 Å². The monoisotopic (exact) mass is 785 g/mol. The lowest BCUT2D eigenvalue weighted by atomic mass is 9.40. The highest BCUT2D eigenvalue weighted by molar-refractivity contribution is 5.91. The van der Waals surface area contributed by atoms with Crippen LogP contribution in [0.15, 0.2) is 65.7 Å². The third kappa shape index (κ3) is 6.44. The van der Waals surface area contributed by atoms with E-state index in [2.05, 4.69) is 34.6 Å². The fourth-order valence-corrected chi connectivity index (χ4v) is 12.0. The number of ether oxygens (including phenoxy) is 5. The van der Waals surface area contributed by atoms with Gasteiger partial charge in [0, 0.05) is 42.3 Å². The van der Waals surface area contributed by atoms with E-state index in [1.165, 1.54) is 4.90 Å². The van der Waals surface area contributed by atoms with E-state index in [9.17, 15) is 14.7 Å². The average Bonchev–Trinajstić information content (AvgIpc) is 3.55. The number of hydrogen-bond acceptors (Lipinski definition) is 9. The SMILES string of the molecule is CO[C@H]1C[C@H]2OC[C@@]2(C)C2C(C)[C@]3(O)C[C@H](OCC(=O)C4OC(c5ccc(C)cc5)N(C(=O)OC(C)(C)C)[C@H]4c4ccccc4)C(C)=C([C@@H](C)C(=O)[C@@]21C)C3(C)C. The summed E-state index contributed by atoms with van der Waals surface area (Å²) in [5, 5.41) is 13.3. The van der Waals surface area contributed by atoms with E-state index in [1.54, 1.807) is 7.11 Å². The number of amides is 1. The molecule has 10 heteroatoms. The summed E-state index contributed by atoms with van der Waals surface area (Å²) in [5.74, 6) is -1.37. The summed E-state index contributed by atoms with van der Waals surface area (Å²) >= 11 is 0. The molecule has 3 aliphatic carbocycles. The summed E-state index contributed by atoms with van der Waals surface area (Å²) in [6.07, 6.45) is -2.81. The lowest BCUT2D eigenvalue weighted by Crippen LogP contribution is -2.74. The Kier molecular flexibility index (Phi) is 10.5. The smallest absolute Gasteiger partial charge is 0.413 e. The van der Waals surface area contributed by atoms with E-state index in [0.717, 1.165) is 22.3 Å². The minimum Gasteiger partial charge on any atom is -0.444 e. The van der Waals surface area contributed by atoms with Gasteiger partial charge in [0.1, 0.15) is 24.1 Å². The number of Topliss-reactive ketones (excluding diaryl/α,β-unsaturated/α-hetero) is 2. The summed E-state index contributed by atoms with van der Waals surface area (Å²) in [6.45, 7) is 22.0. The topological polar surface area (TPSA) is 121 Å². The molecular weight excluding hydrogens is 723 g/mol. The van der Waals surface area contributed by atoms with Gasteiger partial charge < -0.3 is 28.8 Å². The third-order valence-corrected chi connectivity index (χ3v) is 14.8. The zero-order chi connectivity index (χ0) is 41.6. The van der Waals surface area contributed by atoms with E-state index in [1.807, 2.05) is 96.1 Å². The van der Waals surface area contributed by atoms with Crippen LogP contribution in [0.1, 0.15) is 111 Å². The normalized spacial score (nSPS) is 38.7. The van der Waals surface area contributed by atoms with Crippen molar-refractivity contribution in [2.75, 3.05) is 20.3 Å². The predicted octanol–water partition coefficient (Wildman–Crippen LogP) is 8.10. The number of ketones is 2. The van der Waals surface area contributed by atoms with Gasteiger partial charge in [0.2, 0.25) is 0 Å².